The van der Waals surface area contributed by atoms with Crippen molar-refractivity contribution in [3.8, 4) is 11.4 Å². The molecular formula is C13H9F3N4. The minimum Gasteiger partial charge on any atom is -0.382 e. The SMILES string of the molecule is Nc1nc(-c2cccc(C(F)(F)F)c2)nn2cccc12. The van der Waals surface area contributed by atoms with Gasteiger partial charge in [0.2, 0.25) is 0 Å². The molecule has 102 valence electrons. The molecule has 0 unspecified atom stereocenters. The van der Waals surface area contributed by atoms with Gasteiger partial charge in [-0.15, -0.1) is 5.10 Å². The van der Waals surface area contributed by atoms with Crippen LogP contribution in [-0.4, -0.2) is 14.6 Å². The highest BCUT2D eigenvalue weighted by molar-refractivity contribution is 5.68. The summed E-state index contributed by atoms with van der Waals surface area (Å²) in [5.74, 6) is 0.370. The second-order valence-corrected chi connectivity index (χ2v) is 4.24. The third kappa shape index (κ3) is 2.07. The highest BCUT2D eigenvalue weighted by atomic mass is 19.4. The molecule has 0 bridgehead atoms. The normalized spacial score (nSPS) is 11.9. The second-order valence-electron chi connectivity index (χ2n) is 4.24. The predicted octanol–water partition coefficient (Wildman–Crippen LogP) is 3.00. The Hall–Kier alpha value is -2.57. The van der Waals surface area contributed by atoms with E-state index in [0.29, 0.717) is 5.52 Å². The third-order valence-electron chi connectivity index (χ3n) is 2.87. The van der Waals surface area contributed by atoms with Gasteiger partial charge in [0.15, 0.2) is 11.6 Å². The number of hydrogen-bond acceptors (Lipinski definition) is 3. The Labute approximate surface area is 111 Å². The molecule has 0 saturated heterocycles. The quantitative estimate of drug-likeness (QED) is 0.744. The molecule has 2 N–H and O–H groups in total. The van der Waals surface area contributed by atoms with E-state index in [0.717, 1.165) is 12.1 Å². The first-order valence-electron chi connectivity index (χ1n) is 5.73. The first-order chi connectivity index (χ1) is 9.45. The van der Waals surface area contributed by atoms with Crippen LogP contribution in [-0.2, 0) is 6.18 Å². The lowest BCUT2D eigenvalue weighted by molar-refractivity contribution is -0.137. The van der Waals surface area contributed by atoms with Gasteiger partial charge in [0.05, 0.1) is 5.56 Å². The van der Waals surface area contributed by atoms with E-state index in [9.17, 15) is 13.2 Å². The maximum Gasteiger partial charge on any atom is 0.416 e. The van der Waals surface area contributed by atoms with Crippen LogP contribution >= 0.6 is 0 Å². The number of nitrogen functional groups attached to an aromatic ring is 1. The molecule has 0 aliphatic carbocycles. The Morgan fingerprint density at radius 3 is 2.65 bits per heavy atom. The highest BCUT2D eigenvalue weighted by Crippen LogP contribution is 2.31. The summed E-state index contributed by atoms with van der Waals surface area (Å²) in [6, 6.07) is 8.30. The number of rotatable bonds is 1. The molecule has 0 radical (unpaired) electrons. The van der Waals surface area contributed by atoms with Gasteiger partial charge in [0.1, 0.15) is 5.52 Å². The molecule has 2 aromatic heterocycles. The fraction of sp³-hybridized carbons (Fsp3) is 0.0769. The van der Waals surface area contributed by atoms with Crippen molar-refractivity contribution in [2.75, 3.05) is 5.73 Å². The van der Waals surface area contributed by atoms with Gasteiger partial charge in [-0.1, -0.05) is 12.1 Å². The monoisotopic (exact) mass is 278 g/mol. The molecule has 4 nitrogen and oxygen atoms in total. The van der Waals surface area contributed by atoms with Crippen LogP contribution in [0.2, 0.25) is 0 Å². The first-order valence-corrected chi connectivity index (χ1v) is 5.73. The molecule has 0 fully saturated rings. The van der Waals surface area contributed by atoms with E-state index < -0.39 is 11.7 Å². The Bertz CT molecular complexity index is 777. The molecule has 0 aliphatic rings. The van der Waals surface area contributed by atoms with Gasteiger partial charge in [-0.05, 0) is 24.3 Å². The number of halogens is 3. The fourth-order valence-corrected chi connectivity index (χ4v) is 1.91. The van der Waals surface area contributed by atoms with Crippen LogP contribution in [0.1, 0.15) is 5.56 Å². The Morgan fingerprint density at radius 2 is 1.90 bits per heavy atom. The van der Waals surface area contributed by atoms with Crippen molar-refractivity contribution in [2.45, 2.75) is 6.18 Å². The van der Waals surface area contributed by atoms with Crippen LogP contribution in [0.4, 0.5) is 19.0 Å². The van der Waals surface area contributed by atoms with E-state index in [1.807, 2.05) is 0 Å². The zero-order valence-electron chi connectivity index (χ0n) is 10.1. The van der Waals surface area contributed by atoms with Gasteiger partial charge in [-0.25, -0.2) is 9.50 Å². The number of anilines is 1. The molecule has 3 aromatic rings. The number of aromatic nitrogens is 3. The van der Waals surface area contributed by atoms with Crippen molar-refractivity contribution >= 4 is 11.3 Å². The summed E-state index contributed by atoms with van der Waals surface area (Å²) in [7, 11) is 0. The van der Waals surface area contributed by atoms with Gasteiger partial charge in [-0.2, -0.15) is 13.2 Å². The minimum atomic E-state index is -4.40. The van der Waals surface area contributed by atoms with E-state index >= 15 is 0 Å². The molecule has 1 aromatic carbocycles. The van der Waals surface area contributed by atoms with Gasteiger partial charge >= 0.3 is 6.18 Å². The number of hydrogen-bond donors (Lipinski definition) is 1. The number of fused-ring (bicyclic) bond motifs is 1. The van der Waals surface area contributed by atoms with E-state index in [4.69, 9.17) is 5.73 Å². The van der Waals surface area contributed by atoms with Crippen molar-refractivity contribution in [1.82, 2.24) is 14.6 Å². The summed E-state index contributed by atoms with van der Waals surface area (Å²) < 4.78 is 39.6. The standard InChI is InChI=1S/C13H9F3N4/c14-13(15,16)9-4-1-3-8(7-9)12-18-11(17)10-5-2-6-20(10)19-12/h1-7H,(H2,17,18,19). The van der Waals surface area contributed by atoms with E-state index in [2.05, 4.69) is 10.1 Å². The lowest BCUT2D eigenvalue weighted by Gasteiger charge is -2.08. The smallest absolute Gasteiger partial charge is 0.382 e. The number of nitrogens with zero attached hydrogens (tertiary/aromatic N) is 3. The van der Waals surface area contributed by atoms with Crippen LogP contribution < -0.4 is 5.73 Å². The van der Waals surface area contributed by atoms with Gasteiger partial charge in [-0.3, -0.25) is 0 Å². The topological polar surface area (TPSA) is 56.2 Å². The molecule has 0 atom stereocenters. The molecule has 2 heterocycles. The van der Waals surface area contributed by atoms with E-state index in [1.165, 1.54) is 16.6 Å². The molecule has 3 rings (SSSR count). The van der Waals surface area contributed by atoms with Gasteiger partial charge < -0.3 is 5.73 Å². The predicted molar refractivity (Wildman–Crippen MR) is 67.8 cm³/mol. The average Bonchev–Trinajstić information content (AvgIpc) is 2.87. The largest absolute Gasteiger partial charge is 0.416 e. The van der Waals surface area contributed by atoms with Gasteiger partial charge in [0.25, 0.3) is 0 Å². The summed E-state index contributed by atoms with van der Waals surface area (Å²) in [5.41, 5.74) is 5.90. The van der Waals surface area contributed by atoms with Crippen LogP contribution in [0.25, 0.3) is 16.9 Å². The third-order valence-corrected chi connectivity index (χ3v) is 2.87. The molecule has 7 heteroatoms. The fourth-order valence-electron chi connectivity index (χ4n) is 1.91. The minimum absolute atomic E-state index is 0.150. The number of benzene rings is 1. The van der Waals surface area contributed by atoms with Crippen molar-refractivity contribution in [1.29, 1.82) is 0 Å². The molecule has 0 amide bonds. The zero-order valence-corrected chi connectivity index (χ0v) is 10.1. The van der Waals surface area contributed by atoms with E-state index in [-0.39, 0.29) is 17.2 Å². The number of nitrogens with two attached hydrogens (primary N) is 1. The van der Waals surface area contributed by atoms with Crippen LogP contribution in [0.5, 0.6) is 0 Å². The van der Waals surface area contributed by atoms with E-state index in [1.54, 1.807) is 18.3 Å². The molecular weight excluding hydrogens is 269 g/mol. The summed E-state index contributed by atoms with van der Waals surface area (Å²) >= 11 is 0. The van der Waals surface area contributed by atoms with Crippen molar-refractivity contribution in [3.05, 3.63) is 48.2 Å². The average molecular weight is 278 g/mol. The van der Waals surface area contributed by atoms with Crippen LogP contribution in [0.3, 0.4) is 0 Å². The summed E-state index contributed by atoms with van der Waals surface area (Å²) in [4.78, 5) is 4.05. The van der Waals surface area contributed by atoms with Crippen LogP contribution in [0, 0.1) is 0 Å². The van der Waals surface area contributed by atoms with Crippen molar-refractivity contribution in [3.63, 3.8) is 0 Å². The maximum atomic E-state index is 12.7. The highest BCUT2D eigenvalue weighted by Gasteiger charge is 2.30. The van der Waals surface area contributed by atoms with Gasteiger partial charge in [0, 0.05) is 11.8 Å². The lowest BCUT2D eigenvalue weighted by atomic mass is 10.1. The zero-order chi connectivity index (χ0) is 14.3. The Balaban J connectivity index is 2.15. The second kappa shape index (κ2) is 4.22. The van der Waals surface area contributed by atoms with Crippen LogP contribution in [0.15, 0.2) is 42.6 Å². The molecule has 20 heavy (non-hydrogen) atoms. The first kappa shape index (κ1) is 12.5. The summed E-state index contributed by atoms with van der Waals surface area (Å²) in [6.45, 7) is 0. The summed E-state index contributed by atoms with van der Waals surface area (Å²) in [6.07, 6.45) is -2.75. The molecule has 0 saturated carbocycles. The Morgan fingerprint density at radius 1 is 1.10 bits per heavy atom. The Kier molecular flexibility index (Phi) is 2.63. The molecule has 0 aliphatic heterocycles. The molecule has 0 spiro atoms. The van der Waals surface area contributed by atoms with Crippen molar-refractivity contribution < 1.29 is 13.2 Å². The maximum absolute atomic E-state index is 12.7. The lowest BCUT2D eigenvalue weighted by Crippen LogP contribution is -2.06. The number of alkyl halides is 3. The van der Waals surface area contributed by atoms with Crippen molar-refractivity contribution in [2.24, 2.45) is 0 Å². The summed E-state index contributed by atoms with van der Waals surface area (Å²) in [5, 5.41) is 4.15.